The van der Waals surface area contributed by atoms with Gasteiger partial charge in [0.05, 0.1) is 0 Å². The Morgan fingerprint density at radius 3 is 2.43 bits per heavy atom. The van der Waals surface area contributed by atoms with E-state index in [1.807, 2.05) is 0 Å². The summed E-state index contributed by atoms with van der Waals surface area (Å²) >= 11 is 0. The van der Waals surface area contributed by atoms with Crippen LogP contribution < -0.4 is 0 Å². The summed E-state index contributed by atoms with van der Waals surface area (Å²) in [5.41, 5.74) is 1.64. The summed E-state index contributed by atoms with van der Waals surface area (Å²) in [5, 5.41) is 3.34. The number of likely N-dealkylation sites (tertiary alicyclic amines) is 1. The summed E-state index contributed by atoms with van der Waals surface area (Å²) < 4.78 is 41.9. The van der Waals surface area contributed by atoms with Crippen molar-refractivity contribution in [2.75, 3.05) is 19.6 Å². The highest BCUT2D eigenvalue weighted by Crippen LogP contribution is 2.32. The normalized spacial score (nSPS) is 18.6. The average Bonchev–Trinajstić information content (AvgIpc) is 3.16. The summed E-state index contributed by atoms with van der Waals surface area (Å²) in [4.78, 5) is 22.6. The molecule has 2 heterocycles. The first-order chi connectivity index (χ1) is 13.4. The lowest BCUT2D eigenvalue weighted by atomic mass is 10.1. The number of hydrogen-bond donors (Lipinski definition) is 0. The number of aromatic nitrogens is 2. The lowest BCUT2D eigenvalue weighted by Gasteiger charge is -2.15. The van der Waals surface area contributed by atoms with E-state index in [9.17, 15) is 18.0 Å². The molecule has 0 radical (unpaired) electrons. The summed E-state index contributed by atoms with van der Waals surface area (Å²) in [6.45, 7) is 2.82. The molecule has 0 atom stereocenters. The van der Waals surface area contributed by atoms with Crippen molar-refractivity contribution in [2.24, 2.45) is 10.9 Å². The van der Waals surface area contributed by atoms with E-state index in [2.05, 4.69) is 24.6 Å². The van der Waals surface area contributed by atoms with Crippen molar-refractivity contribution in [3.63, 3.8) is 0 Å². The number of benzene rings is 1. The molecule has 28 heavy (non-hydrogen) atoms. The van der Waals surface area contributed by atoms with Crippen LogP contribution in [0.25, 0.3) is 11.4 Å². The van der Waals surface area contributed by atoms with Gasteiger partial charge in [-0.2, -0.15) is 18.2 Å². The summed E-state index contributed by atoms with van der Waals surface area (Å²) in [6.07, 6.45) is -0.195. The Bertz CT molecular complexity index is 879. The molecule has 0 spiro atoms. The second-order valence-corrected chi connectivity index (χ2v) is 7.16. The van der Waals surface area contributed by atoms with Gasteiger partial charge in [0, 0.05) is 23.4 Å². The number of amides is 1. The van der Waals surface area contributed by atoms with Gasteiger partial charge in [0.15, 0.2) is 0 Å². The fourth-order valence-electron chi connectivity index (χ4n) is 3.25. The maximum Gasteiger partial charge on any atom is 0.471 e. The number of halogens is 3. The monoisotopic (exact) mass is 392 g/mol. The van der Waals surface area contributed by atoms with Gasteiger partial charge in [-0.05, 0) is 56.8 Å². The maximum absolute atomic E-state index is 12.6. The van der Waals surface area contributed by atoms with Crippen LogP contribution in [-0.4, -0.2) is 46.3 Å². The summed E-state index contributed by atoms with van der Waals surface area (Å²) in [7, 11) is 0. The molecule has 2 aromatic rings. The molecule has 148 valence electrons. The third-order valence-corrected chi connectivity index (χ3v) is 4.94. The Kier molecular flexibility index (Phi) is 5.01. The molecule has 1 saturated carbocycles. The number of hydrogen-bond acceptors (Lipinski definition) is 5. The predicted molar refractivity (Wildman–Crippen MR) is 94.9 cm³/mol. The van der Waals surface area contributed by atoms with Crippen molar-refractivity contribution in [3.8, 4) is 11.4 Å². The highest BCUT2D eigenvalue weighted by Gasteiger charge is 2.38. The third kappa shape index (κ3) is 4.30. The number of carbonyl (C=O) groups is 1. The fraction of sp³-hybridized carbons (Fsp3) is 0.474. The van der Waals surface area contributed by atoms with E-state index in [4.69, 9.17) is 0 Å². The minimum absolute atomic E-state index is 0.178. The molecule has 1 aliphatic carbocycles. The number of aliphatic imine (C=N–C) groups is 1. The number of alkyl halides is 3. The molecule has 2 aliphatic rings. The van der Waals surface area contributed by atoms with Crippen LogP contribution in [0.2, 0.25) is 0 Å². The Morgan fingerprint density at radius 1 is 1.18 bits per heavy atom. The smallest absolute Gasteiger partial charge is 0.329 e. The van der Waals surface area contributed by atoms with Crippen molar-refractivity contribution in [1.29, 1.82) is 0 Å². The van der Waals surface area contributed by atoms with Gasteiger partial charge in [0.2, 0.25) is 5.82 Å². The van der Waals surface area contributed by atoms with Crippen LogP contribution in [0.4, 0.5) is 13.2 Å². The lowest BCUT2D eigenvalue weighted by molar-refractivity contribution is -0.159. The molecular formula is C19H19F3N4O2. The van der Waals surface area contributed by atoms with Gasteiger partial charge < -0.3 is 4.52 Å². The topological polar surface area (TPSA) is 71.6 Å². The van der Waals surface area contributed by atoms with Gasteiger partial charge in [-0.3, -0.25) is 9.69 Å². The predicted octanol–water partition coefficient (Wildman–Crippen LogP) is 3.84. The van der Waals surface area contributed by atoms with Crippen molar-refractivity contribution in [3.05, 3.63) is 35.7 Å². The second kappa shape index (κ2) is 7.46. The molecule has 4 rings (SSSR count). The first kappa shape index (κ1) is 18.8. The molecule has 2 fully saturated rings. The second-order valence-electron chi connectivity index (χ2n) is 7.16. The molecule has 0 unspecified atom stereocenters. The Hall–Kier alpha value is -2.55. The standard InChI is InChI=1S/C19H19F3N4O2/c20-19(21,22)18-24-16(25-28-18)13-5-7-14(8-6-13)17(27)23-15(12-3-4-12)11-26-9-1-2-10-26/h5-8,12H,1-4,9-11H2/b23-15-. The minimum atomic E-state index is -4.69. The third-order valence-electron chi connectivity index (χ3n) is 4.94. The van der Waals surface area contributed by atoms with Gasteiger partial charge >= 0.3 is 12.1 Å². The summed E-state index contributed by atoms with van der Waals surface area (Å²) in [5.74, 6) is -1.52. The first-order valence-corrected chi connectivity index (χ1v) is 9.25. The van der Waals surface area contributed by atoms with Crippen molar-refractivity contribution >= 4 is 11.6 Å². The van der Waals surface area contributed by atoms with Crippen molar-refractivity contribution in [1.82, 2.24) is 15.0 Å². The van der Waals surface area contributed by atoms with Gasteiger partial charge in [-0.1, -0.05) is 17.3 Å². The fourth-order valence-corrected chi connectivity index (χ4v) is 3.25. The molecule has 1 aromatic heterocycles. The SMILES string of the molecule is O=C(/N=C(/CN1CCCC1)C1CC1)c1ccc(-c2noc(C(F)(F)F)n2)cc1. The Labute approximate surface area is 159 Å². The van der Waals surface area contributed by atoms with Gasteiger partial charge in [0.1, 0.15) is 0 Å². The lowest BCUT2D eigenvalue weighted by Crippen LogP contribution is -2.28. The zero-order valence-electron chi connectivity index (χ0n) is 15.1. The minimum Gasteiger partial charge on any atom is -0.329 e. The van der Waals surface area contributed by atoms with Crippen LogP contribution in [0, 0.1) is 5.92 Å². The van der Waals surface area contributed by atoms with Crippen LogP contribution in [-0.2, 0) is 6.18 Å². The van der Waals surface area contributed by atoms with E-state index in [0.29, 0.717) is 17.0 Å². The molecule has 1 aromatic carbocycles. The van der Waals surface area contributed by atoms with Crippen LogP contribution in [0.5, 0.6) is 0 Å². The van der Waals surface area contributed by atoms with E-state index >= 15 is 0 Å². The molecule has 1 aliphatic heterocycles. The zero-order valence-corrected chi connectivity index (χ0v) is 15.1. The highest BCUT2D eigenvalue weighted by molar-refractivity contribution is 6.06. The van der Waals surface area contributed by atoms with E-state index < -0.39 is 12.1 Å². The Morgan fingerprint density at radius 2 is 1.86 bits per heavy atom. The highest BCUT2D eigenvalue weighted by atomic mass is 19.4. The van der Waals surface area contributed by atoms with E-state index in [1.165, 1.54) is 37.1 Å². The van der Waals surface area contributed by atoms with Crippen molar-refractivity contribution < 1.29 is 22.5 Å². The first-order valence-electron chi connectivity index (χ1n) is 9.25. The molecule has 0 bridgehead atoms. The van der Waals surface area contributed by atoms with Gasteiger partial charge in [-0.15, -0.1) is 0 Å². The van der Waals surface area contributed by atoms with E-state index in [0.717, 1.165) is 38.2 Å². The van der Waals surface area contributed by atoms with E-state index in [-0.39, 0.29) is 11.7 Å². The van der Waals surface area contributed by atoms with Gasteiger partial charge in [0.25, 0.3) is 5.91 Å². The average molecular weight is 392 g/mol. The number of carbonyl (C=O) groups excluding carboxylic acids is 1. The van der Waals surface area contributed by atoms with Crippen LogP contribution in [0.1, 0.15) is 41.9 Å². The maximum atomic E-state index is 12.6. The quantitative estimate of drug-likeness (QED) is 0.723. The molecule has 1 amide bonds. The van der Waals surface area contributed by atoms with Crippen LogP contribution >= 0.6 is 0 Å². The number of nitrogens with zero attached hydrogens (tertiary/aromatic N) is 4. The van der Waals surface area contributed by atoms with Crippen molar-refractivity contribution in [2.45, 2.75) is 31.9 Å². The van der Waals surface area contributed by atoms with E-state index in [1.54, 1.807) is 0 Å². The van der Waals surface area contributed by atoms with Crippen LogP contribution in [0.3, 0.4) is 0 Å². The molecule has 9 heteroatoms. The molecule has 6 nitrogen and oxygen atoms in total. The number of rotatable bonds is 5. The largest absolute Gasteiger partial charge is 0.471 e. The van der Waals surface area contributed by atoms with Crippen LogP contribution in [0.15, 0.2) is 33.8 Å². The summed E-state index contributed by atoms with van der Waals surface area (Å²) in [6, 6.07) is 6.02. The molecular weight excluding hydrogens is 373 g/mol. The molecule has 0 N–H and O–H groups in total. The molecule has 1 saturated heterocycles. The zero-order chi connectivity index (χ0) is 19.7. The van der Waals surface area contributed by atoms with Gasteiger partial charge in [-0.25, -0.2) is 4.99 Å². The Balaban J connectivity index is 1.48.